The Kier molecular flexibility index (Phi) is 25.2. The molecule has 2 aromatic rings. The summed E-state index contributed by atoms with van der Waals surface area (Å²) in [5.74, 6) is 0.0779. The molecular weight excluding hydrogens is 653 g/mol. The maximum atomic E-state index is 11.2. The molecule has 0 atom stereocenters. The lowest BCUT2D eigenvalue weighted by molar-refractivity contribution is 0.0593. The molecule has 0 fully saturated rings. The van der Waals surface area contributed by atoms with Crippen molar-refractivity contribution in [1.82, 2.24) is 0 Å². The van der Waals surface area contributed by atoms with Gasteiger partial charge in [-0.1, -0.05) is 61.3 Å². The van der Waals surface area contributed by atoms with Crippen LogP contribution >= 0.6 is 67.8 Å². The lowest BCUT2D eigenvalue weighted by Crippen LogP contribution is -2.05. The molecule has 0 aliphatic carbocycles. The van der Waals surface area contributed by atoms with Gasteiger partial charge in [0.05, 0.1) is 44.6 Å². The number of anilines is 2. The molecule has 220 valence electrons. The molecule has 0 amide bonds. The highest BCUT2D eigenvalue weighted by Crippen LogP contribution is 2.29. The summed E-state index contributed by atoms with van der Waals surface area (Å²) >= 11 is 20.2. The molecule has 0 aliphatic rings. The molecule has 0 aliphatic heterocycles. The maximum Gasteiger partial charge on any atom is 0.340 e. The van der Waals surface area contributed by atoms with Gasteiger partial charge in [-0.2, -0.15) is 8.42 Å². The van der Waals surface area contributed by atoms with Crippen molar-refractivity contribution >= 4 is 99.3 Å². The van der Waals surface area contributed by atoms with Crippen LogP contribution in [0.4, 0.5) is 11.4 Å². The lowest BCUT2D eigenvalue weighted by Gasteiger charge is -2.07. The smallest absolute Gasteiger partial charge is 0.340 e. The Labute approximate surface area is 252 Å². The number of nitrogens with two attached hydrogens (primary N) is 2. The first-order valence-electron chi connectivity index (χ1n) is 8.81. The third kappa shape index (κ3) is 20.3. The number of benzene rings is 2. The van der Waals surface area contributed by atoms with E-state index in [4.69, 9.17) is 75.8 Å². The quantitative estimate of drug-likeness (QED) is 0.153. The van der Waals surface area contributed by atoms with Gasteiger partial charge >= 0.3 is 20.2 Å². The average molecular weight is 683 g/mol. The first-order chi connectivity index (χ1) is 16.5. The Morgan fingerprint density at radius 1 is 0.789 bits per heavy atom. The number of hydrogen-bond donors (Lipinski definition) is 2. The van der Waals surface area contributed by atoms with E-state index in [0.717, 1.165) is 0 Å². The van der Waals surface area contributed by atoms with Gasteiger partial charge in [-0.25, -0.2) is 9.59 Å². The predicted octanol–water partition coefficient (Wildman–Crippen LogP) is 6.75. The summed E-state index contributed by atoms with van der Waals surface area (Å²) in [5.41, 5.74) is 12.4. The van der Waals surface area contributed by atoms with Crippen molar-refractivity contribution in [3.8, 4) is 11.5 Å². The Morgan fingerprint density at radius 2 is 1.18 bits per heavy atom. The molecule has 0 aromatic heterocycles. The van der Waals surface area contributed by atoms with E-state index >= 15 is 0 Å². The third-order valence-corrected chi connectivity index (χ3v) is 3.69. The zero-order valence-corrected chi connectivity index (χ0v) is 24.4. The largest absolute Gasteiger partial charge is 0.497 e. The summed E-state index contributed by atoms with van der Waals surface area (Å²) in [7, 11) is 10.4. The number of rotatable bonds is 4. The minimum absolute atomic E-state index is 0. The molecule has 0 saturated heterocycles. The van der Waals surface area contributed by atoms with Gasteiger partial charge in [-0.15, -0.1) is 0 Å². The fraction of sp³-hybridized carbons (Fsp3) is 0.333. The molecule has 0 heterocycles. The maximum absolute atomic E-state index is 11.2. The molecule has 0 spiro atoms. The van der Waals surface area contributed by atoms with Gasteiger partial charge in [0, 0.05) is 44.9 Å². The number of methoxy groups -OCH3 is 4. The zero-order chi connectivity index (χ0) is 28.6. The van der Waals surface area contributed by atoms with Crippen LogP contribution in [0.15, 0.2) is 30.3 Å². The van der Waals surface area contributed by atoms with Crippen LogP contribution in [0.5, 0.6) is 11.5 Å². The Morgan fingerprint density at radius 3 is 1.53 bits per heavy atom. The summed E-state index contributed by atoms with van der Waals surface area (Å²) in [6, 6.07) is 7.70. The van der Waals surface area contributed by atoms with Crippen molar-refractivity contribution in [1.29, 1.82) is 0 Å². The standard InChI is InChI=1S/C9H10ClNO3.C9H11NO3.CHCl3.2CH4.Cl2O2S/c1-13-8-4-7(11)5(3-6(8)10)9(12)14-2;1-12-6-3-4-7(8(10)5-6)9(11)13-2;2-1(3)4;;;1-5(2,3)4/h3-4H,11H2,1-2H3;3-5H,10H2,1-2H3;1H;2*1H4;. The van der Waals surface area contributed by atoms with Crippen LogP contribution in [0.25, 0.3) is 0 Å². The third-order valence-electron chi connectivity index (χ3n) is 3.39. The molecule has 10 nitrogen and oxygen atoms in total. The second kappa shape index (κ2) is 22.1. The van der Waals surface area contributed by atoms with Crippen molar-refractivity contribution in [2.45, 2.75) is 19.1 Å². The van der Waals surface area contributed by atoms with Crippen LogP contribution in [0, 0.1) is 0 Å². The summed E-state index contributed by atoms with van der Waals surface area (Å²) in [5, 5.41) is 0.321. The second-order valence-electron chi connectivity index (χ2n) is 5.64. The van der Waals surface area contributed by atoms with Gasteiger partial charge in [-0.05, 0) is 18.2 Å². The van der Waals surface area contributed by atoms with E-state index in [1.165, 1.54) is 40.6 Å². The number of carbonyl (C=O) groups is 2. The lowest BCUT2D eigenvalue weighted by atomic mass is 10.2. The molecule has 2 rings (SSSR count). The van der Waals surface area contributed by atoms with Crippen molar-refractivity contribution in [3.05, 3.63) is 46.5 Å². The van der Waals surface area contributed by atoms with Crippen LogP contribution < -0.4 is 20.9 Å². The van der Waals surface area contributed by atoms with E-state index in [-0.39, 0.29) is 26.1 Å². The fourth-order valence-corrected chi connectivity index (χ4v) is 2.22. The predicted molar refractivity (Wildman–Crippen MR) is 158 cm³/mol. The van der Waals surface area contributed by atoms with E-state index in [1.807, 2.05) is 0 Å². The number of halogens is 6. The van der Waals surface area contributed by atoms with E-state index in [9.17, 15) is 9.59 Å². The SMILES string of the molecule is C.C.COC(=O)c1cc(Cl)c(OC)cc1N.COC(=O)c1ccc(OC)cc1N.ClC(Cl)Cl.O=S(=O)(Cl)Cl. The van der Waals surface area contributed by atoms with E-state index in [0.29, 0.717) is 27.8 Å². The minimum atomic E-state index is -3.72. The summed E-state index contributed by atoms with van der Waals surface area (Å²) in [6.45, 7) is 0. The zero-order valence-electron chi connectivity index (χ0n) is 19.1. The average Bonchev–Trinajstić information content (AvgIpc) is 2.78. The van der Waals surface area contributed by atoms with Gasteiger partial charge < -0.3 is 30.4 Å². The summed E-state index contributed by atoms with van der Waals surface area (Å²) in [4.78, 5) is 22.3. The second-order valence-corrected chi connectivity index (χ2v) is 11.7. The molecule has 0 unspecified atom stereocenters. The molecule has 2 aromatic carbocycles. The molecule has 0 radical (unpaired) electrons. The Hall–Kier alpha value is -1.73. The van der Waals surface area contributed by atoms with Crippen molar-refractivity contribution < 1.29 is 37.0 Å². The van der Waals surface area contributed by atoms with Gasteiger partial charge in [0.25, 0.3) is 0 Å². The van der Waals surface area contributed by atoms with Crippen molar-refractivity contribution in [2.24, 2.45) is 0 Å². The normalized spacial score (nSPS) is 9.24. The van der Waals surface area contributed by atoms with Crippen molar-refractivity contribution in [2.75, 3.05) is 39.9 Å². The number of hydrogen-bond acceptors (Lipinski definition) is 10. The minimum Gasteiger partial charge on any atom is -0.497 e. The fourth-order valence-electron chi connectivity index (χ4n) is 1.98. The van der Waals surface area contributed by atoms with Crippen LogP contribution in [0.2, 0.25) is 5.02 Å². The van der Waals surface area contributed by atoms with Crippen LogP contribution in [-0.2, 0) is 17.7 Å². The van der Waals surface area contributed by atoms with Crippen LogP contribution in [-0.4, -0.2) is 53.1 Å². The first kappa shape index (κ1) is 43.3. The van der Waals surface area contributed by atoms with E-state index in [2.05, 4.69) is 30.8 Å². The van der Waals surface area contributed by atoms with Crippen molar-refractivity contribution in [3.63, 3.8) is 0 Å². The van der Waals surface area contributed by atoms with Gasteiger partial charge in [0.15, 0.2) is 4.30 Å². The number of alkyl halides is 3. The van der Waals surface area contributed by atoms with Crippen LogP contribution in [0.1, 0.15) is 35.6 Å². The number of esters is 2. The van der Waals surface area contributed by atoms with E-state index in [1.54, 1.807) is 18.2 Å². The van der Waals surface area contributed by atoms with Gasteiger partial charge in [0.2, 0.25) is 0 Å². The number of nitrogen functional groups attached to an aromatic ring is 2. The highest BCUT2D eigenvalue weighted by molar-refractivity contribution is 8.31. The highest BCUT2D eigenvalue weighted by Gasteiger charge is 2.13. The first-order valence-corrected chi connectivity index (χ1v) is 13.6. The number of carbonyl (C=O) groups excluding carboxylic acids is 2. The van der Waals surface area contributed by atoms with Gasteiger partial charge in [0.1, 0.15) is 11.5 Å². The number of ether oxygens (including phenoxy) is 4. The monoisotopic (exact) mass is 680 g/mol. The highest BCUT2D eigenvalue weighted by atomic mass is 36.0. The van der Waals surface area contributed by atoms with E-state index < -0.39 is 24.5 Å². The molecule has 17 heteroatoms. The topological polar surface area (TPSA) is 157 Å². The Balaban J connectivity index is -0.000000223. The Bertz CT molecular complexity index is 1090. The molecule has 38 heavy (non-hydrogen) atoms. The molecule has 0 saturated carbocycles. The molecule has 4 N–H and O–H groups in total. The summed E-state index contributed by atoms with van der Waals surface area (Å²) in [6.07, 6.45) is 0. The van der Waals surface area contributed by atoms with Gasteiger partial charge in [-0.3, -0.25) is 0 Å². The summed E-state index contributed by atoms with van der Waals surface area (Å²) < 4.78 is 36.5. The van der Waals surface area contributed by atoms with Crippen LogP contribution in [0.3, 0.4) is 0 Å². The molecular formula is C21H30Cl6N2O8S. The molecule has 0 bridgehead atoms.